The molecule has 20 heavy (non-hydrogen) atoms. The smallest absolute Gasteiger partial charge is 0.248 e. The van der Waals surface area contributed by atoms with E-state index in [0.29, 0.717) is 5.69 Å². The molecule has 3 amide bonds. The first kappa shape index (κ1) is 14.0. The highest BCUT2D eigenvalue weighted by molar-refractivity contribution is 6.02. The number of hydrogen-bond acceptors (Lipinski definition) is 4. The van der Waals surface area contributed by atoms with Gasteiger partial charge in [0.2, 0.25) is 17.7 Å². The normalized spacial score (nSPS) is 17.7. The lowest BCUT2D eigenvalue weighted by Gasteiger charge is -2.12. The number of benzene rings is 1. The van der Waals surface area contributed by atoms with Gasteiger partial charge in [-0.1, -0.05) is 0 Å². The summed E-state index contributed by atoms with van der Waals surface area (Å²) in [6.45, 7) is 0.798. The Kier molecular flexibility index (Phi) is 3.99. The summed E-state index contributed by atoms with van der Waals surface area (Å²) in [6, 6.07) is 3.88. The molecule has 1 aliphatic heterocycles. The average Bonchev–Trinajstić information content (AvgIpc) is 2.92. The summed E-state index contributed by atoms with van der Waals surface area (Å²) in [6.07, 6.45) is 1.69. The van der Waals surface area contributed by atoms with Gasteiger partial charge < -0.3 is 22.1 Å². The zero-order valence-corrected chi connectivity index (χ0v) is 10.8. The van der Waals surface area contributed by atoms with Crippen molar-refractivity contribution in [2.75, 3.05) is 11.9 Å². The maximum Gasteiger partial charge on any atom is 0.248 e. The van der Waals surface area contributed by atoms with E-state index in [1.165, 1.54) is 18.2 Å². The van der Waals surface area contributed by atoms with Crippen molar-refractivity contribution < 1.29 is 14.4 Å². The molecule has 0 bridgehead atoms. The fourth-order valence-electron chi connectivity index (χ4n) is 2.12. The molecule has 0 aliphatic carbocycles. The second-order valence-corrected chi connectivity index (χ2v) is 4.67. The molecule has 0 unspecified atom stereocenters. The van der Waals surface area contributed by atoms with Crippen LogP contribution >= 0.6 is 0 Å². The minimum absolute atomic E-state index is 0.121. The summed E-state index contributed by atoms with van der Waals surface area (Å²) in [5.74, 6) is -1.59. The van der Waals surface area contributed by atoms with Crippen molar-refractivity contribution in [2.24, 2.45) is 11.5 Å². The van der Waals surface area contributed by atoms with Gasteiger partial charge in [-0.3, -0.25) is 14.4 Å². The standard InChI is InChI=1S/C13H16N4O3/c14-11(18)7-4-8(12(15)19)6-9(5-7)17-13(20)10-2-1-3-16-10/h4-6,10,16H,1-3H2,(H2,14,18)(H2,15,19)(H,17,20)/t10-/m0/s1. The number of nitrogens with two attached hydrogens (primary N) is 2. The highest BCUT2D eigenvalue weighted by Gasteiger charge is 2.22. The van der Waals surface area contributed by atoms with Gasteiger partial charge in [0.15, 0.2) is 0 Å². The van der Waals surface area contributed by atoms with E-state index >= 15 is 0 Å². The predicted octanol–water partition coefficient (Wildman–Crippen LogP) is -0.425. The molecule has 1 atom stereocenters. The van der Waals surface area contributed by atoms with Crippen LogP contribution < -0.4 is 22.1 Å². The van der Waals surface area contributed by atoms with E-state index in [-0.39, 0.29) is 23.1 Å². The predicted molar refractivity (Wildman–Crippen MR) is 73.1 cm³/mol. The Morgan fingerprint density at radius 3 is 2.15 bits per heavy atom. The van der Waals surface area contributed by atoms with Crippen LogP contribution in [0.5, 0.6) is 0 Å². The van der Waals surface area contributed by atoms with Crippen LogP contribution in [0.25, 0.3) is 0 Å². The molecule has 106 valence electrons. The van der Waals surface area contributed by atoms with Gasteiger partial charge in [-0.25, -0.2) is 0 Å². The molecule has 6 N–H and O–H groups in total. The summed E-state index contributed by atoms with van der Waals surface area (Å²) in [4.78, 5) is 34.4. The molecule has 1 fully saturated rings. The molecule has 7 nitrogen and oxygen atoms in total. The van der Waals surface area contributed by atoms with Crippen LogP contribution in [0, 0.1) is 0 Å². The number of carbonyl (C=O) groups is 3. The molecule has 0 spiro atoms. The Balaban J connectivity index is 2.23. The van der Waals surface area contributed by atoms with Gasteiger partial charge in [-0.05, 0) is 37.6 Å². The topological polar surface area (TPSA) is 127 Å². The number of rotatable bonds is 4. The monoisotopic (exact) mass is 276 g/mol. The van der Waals surface area contributed by atoms with Gasteiger partial charge in [0.25, 0.3) is 0 Å². The third-order valence-electron chi connectivity index (χ3n) is 3.15. The Morgan fingerprint density at radius 2 is 1.70 bits per heavy atom. The van der Waals surface area contributed by atoms with Gasteiger partial charge in [-0.2, -0.15) is 0 Å². The minimum Gasteiger partial charge on any atom is -0.366 e. The zero-order valence-electron chi connectivity index (χ0n) is 10.8. The molecule has 2 rings (SSSR count). The van der Waals surface area contributed by atoms with Crippen molar-refractivity contribution in [3.8, 4) is 0 Å². The van der Waals surface area contributed by atoms with E-state index in [9.17, 15) is 14.4 Å². The van der Waals surface area contributed by atoms with E-state index in [1.54, 1.807) is 0 Å². The summed E-state index contributed by atoms with van der Waals surface area (Å²) in [5, 5.41) is 5.71. The van der Waals surface area contributed by atoms with Crippen LogP contribution in [0.3, 0.4) is 0 Å². The summed E-state index contributed by atoms with van der Waals surface area (Å²) < 4.78 is 0. The van der Waals surface area contributed by atoms with Crippen molar-refractivity contribution in [2.45, 2.75) is 18.9 Å². The number of carbonyl (C=O) groups excluding carboxylic acids is 3. The van der Waals surface area contributed by atoms with Gasteiger partial charge in [0.05, 0.1) is 6.04 Å². The van der Waals surface area contributed by atoms with Crippen LogP contribution in [-0.2, 0) is 4.79 Å². The minimum atomic E-state index is -0.692. The number of amides is 3. The number of nitrogens with one attached hydrogen (secondary N) is 2. The Labute approximate surface area is 115 Å². The molecular weight excluding hydrogens is 260 g/mol. The lowest BCUT2D eigenvalue weighted by Crippen LogP contribution is -2.35. The zero-order chi connectivity index (χ0) is 14.7. The fraction of sp³-hybridized carbons (Fsp3) is 0.308. The Hall–Kier alpha value is -2.41. The molecule has 0 aromatic heterocycles. The van der Waals surface area contributed by atoms with Gasteiger partial charge >= 0.3 is 0 Å². The molecule has 1 aromatic rings. The molecular formula is C13H16N4O3. The van der Waals surface area contributed by atoms with Crippen LogP contribution in [-0.4, -0.2) is 30.3 Å². The molecule has 7 heteroatoms. The fourth-order valence-corrected chi connectivity index (χ4v) is 2.12. The first-order valence-electron chi connectivity index (χ1n) is 6.26. The highest BCUT2D eigenvalue weighted by Crippen LogP contribution is 2.16. The number of hydrogen-bond donors (Lipinski definition) is 4. The van der Waals surface area contributed by atoms with E-state index in [4.69, 9.17) is 11.5 Å². The SMILES string of the molecule is NC(=O)c1cc(NC(=O)[C@@H]2CCCN2)cc(C(N)=O)c1. The maximum absolute atomic E-state index is 12.0. The molecule has 1 aliphatic rings. The summed E-state index contributed by atoms with van der Waals surface area (Å²) >= 11 is 0. The Morgan fingerprint density at radius 1 is 1.10 bits per heavy atom. The number of primary amides is 2. The molecule has 0 saturated carbocycles. The van der Waals surface area contributed by atoms with Crippen LogP contribution in [0.2, 0.25) is 0 Å². The molecule has 1 saturated heterocycles. The first-order valence-corrected chi connectivity index (χ1v) is 6.26. The van der Waals surface area contributed by atoms with Crippen LogP contribution in [0.1, 0.15) is 33.6 Å². The largest absolute Gasteiger partial charge is 0.366 e. The Bertz CT molecular complexity index is 532. The second-order valence-electron chi connectivity index (χ2n) is 4.67. The molecule has 1 aromatic carbocycles. The summed E-state index contributed by atoms with van der Waals surface area (Å²) in [7, 11) is 0. The van der Waals surface area contributed by atoms with E-state index in [2.05, 4.69) is 10.6 Å². The van der Waals surface area contributed by atoms with Crippen molar-refractivity contribution in [1.29, 1.82) is 0 Å². The third-order valence-corrected chi connectivity index (χ3v) is 3.15. The van der Waals surface area contributed by atoms with E-state index in [1.807, 2.05) is 0 Å². The lowest BCUT2D eigenvalue weighted by molar-refractivity contribution is -0.117. The third kappa shape index (κ3) is 3.12. The quantitative estimate of drug-likeness (QED) is 0.595. The van der Waals surface area contributed by atoms with Crippen molar-refractivity contribution >= 4 is 23.4 Å². The van der Waals surface area contributed by atoms with Crippen molar-refractivity contribution in [3.63, 3.8) is 0 Å². The summed E-state index contributed by atoms with van der Waals surface area (Å²) in [5.41, 5.74) is 10.9. The van der Waals surface area contributed by atoms with Gasteiger partial charge in [-0.15, -0.1) is 0 Å². The lowest BCUT2D eigenvalue weighted by atomic mass is 10.1. The first-order chi connectivity index (χ1) is 9.47. The van der Waals surface area contributed by atoms with Crippen molar-refractivity contribution in [3.05, 3.63) is 29.3 Å². The van der Waals surface area contributed by atoms with Crippen molar-refractivity contribution in [1.82, 2.24) is 5.32 Å². The highest BCUT2D eigenvalue weighted by atomic mass is 16.2. The van der Waals surface area contributed by atoms with Crippen LogP contribution in [0.15, 0.2) is 18.2 Å². The molecule has 1 heterocycles. The van der Waals surface area contributed by atoms with Crippen LogP contribution in [0.4, 0.5) is 5.69 Å². The average molecular weight is 276 g/mol. The second kappa shape index (κ2) is 5.70. The maximum atomic E-state index is 12.0. The number of anilines is 1. The van der Waals surface area contributed by atoms with Gasteiger partial charge in [0.1, 0.15) is 0 Å². The van der Waals surface area contributed by atoms with E-state index < -0.39 is 11.8 Å². The van der Waals surface area contributed by atoms with E-state index in [0.717, 1.165) is 19.4 Å². The van der Waals surface area contributed by atoms with Gasteiger partial charge in [0, 0.05) is 16.8 Å². The molecule has 0 radical (unpaired) electrons.